The average molecular weight is 573 g/mol. The van der Waals surface area contributed by atoms with E-state index in [4.69, 9.17) is 14.3 Å². The van der Waals surface area contributed by atoms with Crippen LogP contribution in [-0.2, 0) is 36.2 Å². The van der Waals surface area contributed by atoms with E-state index in [0.29, 0.717) is 25.9 Å². The molecule has 0 saturated carbocycles. The summed E-state index contributed by atoms with van der Waals surface area (Å²) in [5.74, 6) is -0.680. The van der Waals surface area contributed by atoms with Gasteiger partial charge in [-0.25, -0.2) is 18.7 Å². The molecule has 2 aliphatic heterocycles. The second-order valence-corrected chi connectivity index (χ2v) is 11.6. The van der Waals surface area contributed by atoms with Crippen molar-refractivity contribution in [2.45, 2.75) is 68.1 Å². The van der Waals surface area contributed by atoms with Crippen LogP contribution in [0.3, 0.4) is 0 Å². The van der Waals surface area contributed by atoms with Crippen molar-refractivity contribution in [2.24, 2.45) is 0 Å². The van der Waals surface area contributed by atoms with Gasteiger partial charge in [-0.15, -0.1) is 0 Å². The van der Waals surface area contributed by atoms with E-state index in [1.807, 2.05) is 0 Å². The number of nitrogens with zero attached hydrogens (tertiary/aromatic N) is 1. The van der Waals surface area contributed by atoms with Crippen molar-refractivity contribution in [3.8, 4) is 5.75 Å². The Balaban J connectivity index is 1.41. The molecule has 13 heteroatoms. The average Bonchev–Trinajstić information content (AvgIpc) is 2.92. The van der Waals surface area contributed by atoms with Gasteiger partial charge in [-0.3, -0.25) is 4.79 Å². The summed E-state index contributed by atoms with van der Waals surface area (Å²) in [5, 5.41) is 11.1. The molecule has 0 bridgehead atoms. The minimum Gasteiger partial charge on any atom is -0.490 e. The molecule has 2 N–H and O–H groups in total. The summed E-state index contributed by atoms with van der Waals surface area (Å²) in [7, 11) is -4.12. The molecule has 2 heterocycles. The highest BCUT2D eigenvalue weighted by atomic mass is 32.2. The number of alkyl halides is 3. The number of hydroxylamine groups is 1. The lowest BCUT2D eigenvalue weighted by Crippen LogP contribution is -2.46. The van der Waals surface area contributed by atoms with Crippen LogP contribution in [-0.4, -0.2) is 55.8 Å². The van der Waals surface area contributed by atoms with Crippen molar-refractivity contribution in [2.75, 3.05) is 19.7 Å². The fourth-order valence-electron chi connectivity index (χ4n) is 4.48. The van der Waals surface area contributed by atoms with Gasteiger partial charge in [0.25, 0.3) is 5.91 Å². The van der Waals surface area contributed by atoms with Gasteiger partial charge in [0.05, 0.1) is 10.5 Å². The molecule has 0 aliphatic carbocycles. The lowest BCUT2D eigenvalue weighted by Gasteiger charge is -2.33. The van der Waals surface area contributed by atoms with Crippen molar-refractivity contribution >= 4 is 15.9 Å². The van der Waals surface area contributed by atoms with Crippen molar-refractivity contribution in [1.82, 2.24) is 9.79 Å². The highest BCUT2D eigenvalue weighted by Crippen LogP contribution is 2.33. The second-order valence-electron chi connectivity index (χ2n) is 9.66. The Morgan fingerprint density at radius 1 is 1.05 bits per heavy atom. The van der Waals surface area contributed by atoms with Gasteiger partial charge in [0, 0.05) is 31.7 Å². The zero-order chi connectivity index (χ0) is 28.3. The van der Waals surface area contributed by atoms with Crippen LogP contribution >= 0.6 is 0 Å². The Kier molecular flexibility index (Phi) is 8.86. The first-order chi connectivity index (χ1) is 18.4. The summed E-state index contributed by atoms with van der Waals surface area (Å²) in [4.78, 5) is 17.9. The van der Waals surface area contributed by atoms with Crippen molar-refractivity contribution in [3.05, 3.63) is 59.7 Å². The van der Waals surface area contributed by atoms with E-state index >= 15 is 0 Å². The number of nitrogens with one attached hydrogen (secondary N) is 1. The Bertz CT molecular complexity index is 1240. The van der Waals surface area contributed by atoms with E-state index in [-0.39, 0.29) is 29.3 Å². The first-order valence-corrected chi connectivity index (χ1v) is 14.1. The third-order valence-corrected chi connectivity index (χ3v) is 8.73. The van der Waals surface area contributed by atoms with E-state index in [1.165, 1.54) is 47.6 Å². The smallest absolute Gasteiger partial charge is 0.416 e. The minimum absolute atomic E-state index is 0.0818. The molecule has 0 radical (unpaired) electrons. The zero-order valence-electron chi connectivity index (χ0n) is 21.3. The Hall–Kier alpha value is -2.71. The Morgan fingerprint density at radius 3 is 2.33 bits per heavy atom. The molecular weight excluding hydrogens is 541 g/mol. The van der Waals surface area contributed by atoms with Gasteiger partial charge < -0.3 is 14.6 Å². The number of carbonyl (C=O) groups is 1. The minimum atomic E-state index is -4.45. The largest absolute Gasteiger partial charge is 0.490 e. The number of aliphatic hydroxyl groups is 1. The third-order valence-electron chi connectivity index (χ3n) is 6.78. The molecule has 9 nitrogen and oxygen atoms in total. The highest BCUT2D eigenvalue weighted by Gasteiger charge is 2.40. The number of piperidine rings is 1. The van der Waals surface area contributed by atoms with Gasteiger partial charge in [0.2, 0.25) is 10.0 Å². The summed E-state index contributed by atoms with van der Waals surface area (Å²) in [5.41, 5.74) is -0.942. The van der Waals surface area contributed by atoms with Gasteiger partial charge in [0.15, 0.2) is 11.9 Å². The number of amides is 1. The number of ether oxygens (including phenoxy) is 2. The quantitative estimate of drug-likeness (QED) is 0.464. The number of hydrogen-bond donors (Lipinski definition) is 2. The number of sulfonamides is 1. The second kappa shape index (κ2) is 11.8. The van der Waals surface area contributed by atoms with Crippen LogP contribution < -0.4 is 10.2 Å². The topological polar surface area (TPSA) is 114 Å². The summed E-state index contributed by atoms with van der Waals surface area (Å²) < 4.78 is 77.9. The van der Waals surface area contributed by atoms with Gasteiger partial charge in [-0.1, -0.05) is 18.2 Å². The first-order valence-electron chi connectivity index (χ1n) is 12.6. The van der Waals surface area contributed by atoms with Crippen LogP contribution in [0.4, 0.5) is 13.2 Å². The number of rotatable bonds is 8. The number of carbonyl (C=O) groups excluding carboxylic acids is 1. The molecule has 39 heavy (non-hydrogen) atoms. The fourth-order valence-corrected chi connectivity index (χ4v) is 6.25. The van der Waals surface area contributed by atoms with E-state index in [2.05, 4.69) is 5.48 Å². The van der Waals surface area contributed by atoms with Crippen molar-refractivity contribution in [1.29, 1.82) is 0 Å². The standard InChI is InChI=1S/C26H31F3N2O7S/c1-25(33,24(32)30-38-23-8-4-5-17-36-23)21-6-2-3-7-22(21)39(34,35)31-15-13-20(14-16-31)37-19-11-9-18(10-12-19)26(27,28)29/h2-3,6-7,9-12,20,23,33H,4-5,8,13-17H2,1H3,(H,30,32). The first kappa shape index (κ1) is 29.3. The maximum atomic E-state index is 13.6. The molecule has 2 unspecified atom stereocenters. The molecule has 214 valence electrons. The third kappa shape index (κ3) is 6.90. The summed E-state index contributed by atoms with van der Waals surface area (Å²) in [6.45, 7) is 1.84. The predicted molar refractivity (Wildman–Crippen MR) is 133 cm³/mol. The van der Waals surface area contributed by atoms with Gasteiger partial charge in [-0.2, -0.15) is 17.5 Å². The van der Waals surface area contributed by atoms with Gasteiger partial charge in [0.1, 0.15) is 11.9 Å². The molecule has 2 fully saturated rings. The van der Waals surface area contributed by atoms with Gasteiger partial charge >= 0.3 is 6.18 Å². The Morgan fingerprint density at radius 2 is 1.72 bits per heavy atom. The molecule has 2 aromatic carbocycles. The number of halogens is 3. The molecule has 1 amide bonds. The van der Waals surface area contributed by atoms with E-state index < -0.39 is 45.7 Å². The molecule has 2 atom stereocenters. The van der Waals surface area contributed by atoms with Gasteiger partial charge in [-0.05, 0) is 62.9 Å². The normalized spacial score (nSPS) is 21.2. The van der Waals surface area contributed by atoms with Crippen LogP contribution in [0.2, 0.25) is 0 Å². The maximum Gasteiger partial charge on any atom is 0.416 e. The molecule has 0 spiro atoms. The summed E-state index contributed by atoms with van der Waals surface area (Å²) >= 11 is 0. The highest BCUT2D eigenvalue weighted by molar-refractivity contribution is 7.89. The maximum absolute atomic E-state index is 13.6. The van der Waals surface area contributed by atoms with Crippen LogP contribution in [0.5, 0.6) is 5.75 Å². The number of benzene rings is 2. The lowest BCUT2D eigenvalue weighted by molar-refractivity contribution is -0.207. The molecule has 2 aliphatic rings. The molecule has 4 rings (SSSR count). The lowest BCUT2D eigenvalue weighted by atomic mass is 9.95. The van der Waals surface area contributed by atoms with Crippen LogP contribution in [0.25, 0.3) is 0 Å². The van der Waals surface area contributed by atoms with Crippen LogP contribution in [0.1, 0.15) is 50.2 Å². The SMILES string of the molecule is CC(O)(C(=O)NOC1CCCCO1)c1ccccc1S(=O)(=O)N1CCC(Oc2ccc(C(F)(F)F)cc2)CC1. The Labute approximate surface area is 224 Å². The van der Waals surface area contributed by atoms with E-state index in [1.54, 1.807) is 0 Å². The summed E-state index contributed by atoms with van der Waals surface area (Å²) in [6, 6.07) is 10.0. The molecule has 0 aromatic heterocycles. The van der Waals surface area contributed by atoms with Crippen molar-refractivity contribution < 1.29 is 45.8 Å². The zero-order valence-corrected chi connectivity index (χ0v) is 22.1. The molecule has 2 saturated heterocycles. The monoisotopic (exact) mass is 572 g/mol. The van der Waals surface area contributed by atoms with E-state index in [0.717, 1.165) is 25.0 Å². The predicted octanol–water partition coefficient (Wildman–Crippen LogP) is 3.72. The molecule has 2 aromatic rings. The molecular formula is C26H31F3N2O7S. The number of hydrogen-bond acceptors (Lipinski definition) is 7. The van der Waals surface area contributed by atoms with Crippen LogP contribution in [0.15, 0.2) is 53.4 Å². The van der Waals surface area contributed by atoms with Crippen LogP contribution in [0, 0.1) is 0 Å². The summed E-state index contributed by atoms with van der Waals surface area (Å²) in [6.07, 6.45) is -2.56. The fraction of sp³-hybridized carbons (Fsp3) is 0.500. The van der Waals surface area contributed by atoms with Crippen molar-refractivity contribution in [3.63, 3.8) is 0 Å². The van der Waals surface area contributed by atoms with E-state index in [9.17, 15) is 31.5 Å².